The minimum Gasteiger partial charge on any atom is -0.300 e. The number of hydrogen-bond acceptors (Lipinski definition) is 1. The summed E-state index contributed by atoms with van der Waals surface area (Å²) >= 11 is 0. The molecule has 1 unspecified atom stereocenters. The van der Waals surface area contributed by atoms with E-state index in [9.17, 15) is 0 Å². The summed E-state index contributed by atoms with van der Waals surface area (Å²) in [5, 5.41) is 0. The Morgan fingerprint density at radius 1 is 0.306 bits per heavy atom. The lowest BCUT2D eigenvalue weighted by Crippen LogP contribution is -2.37. The van der Waals surface area contributed by atoms with Crippen molar-refractivity contribution in [2.24, 2.45) is 0 Å². The maximum atomic E-state index is 3.00. The fourth-order valence-corrected chi connectivity index (χ4v) is 7.66. The summed E-state index contributed by atoms with van der Waals surface area (Å²) < 4.78 is 0. The highest BCUT2D eigenvalue weighted by molar-refractivity contribution is 5.85. The number of allylic oxidation sites excluding steroid dienone is 2. The maximum absolute atomic E-state index is 3.00. The zero-order chi connectivity index (χ0) is 34.9. The van der Waals surface area contributed by atoms with E-state index in [2.05, 4.69) is 44.7 Å². The van der Waals surface area contributed by atoms with Gasteiger partial charge in [-0.1, -0.05) is 232 Å². The Morgan fingerprint density at radius 3 is 0.918 bits per heavy atom. The molecular formula is C47H96ClN. The topological polar surface area (TPSA) is 3.24 Å². The van der Waals surface area contributed by atoms with Crippen LogP contribution in [0.2, 0.25) is 0 Å². The van der Waals surface area contributed by atoms with Gasteiger partial charge in [-0.3, -0.25) is 0 Å². The molecule has 1 atom stereocenters. The standard InChI is InChI=1S/C47H95N.ClH/c1-5-9-13-16-19-22-24-26-27-28-29-31-33-36-39-42-46-48(45-41-38-35-32-30-25-23-20-17-14-10-6-2)47(43-12-8-4)44-40-37-34-21-18-15-11-7-3;/h26-27,47H,5-25,28-46H2,1-4H3;1H/b27-26-;. The third-order valence-corrected chi connectivity index (χ3v) is 11.1. The number of halogens is 1. The molecule has 1 nitrogen and oxygen atoms in total. The third kappa shape index (κ3) is 40.6. The molecule has 0 aromatic rings. The van der Waals surface area contributed by atoms with Crippen LogP contribution in [0.1, 0.15) is 272 Å². The Hall–Kier alpha value is -0.0100. The van der Waals surface area contributed by atoms with Gasteiger partial charge in [-0.15, -0.1) is 12.4 Å². The average Bonchev–Trinajstić information content (AvgIpc) is 3.10. The van der Waals surface area contributed by atoms with Gasteiger partial charge < -0.3 is 4.90 Å². The minimum atomic E-state index is 0. The summed E-state index contributed by atoms with van der Waals surface area (Å²) in [5.41, 5.74) is 0. The van der Waals surface area contributed by atoms with Crippen molar-refractivity contribution in [1.29, 1.82) is 0 Å². The van der Waals surface area contributed by atoms with Crippen LogP contribution >= 0.6 is 12.4 Å². The number of rotatable bonds is 42. The van der Waals surface area contributed by atoms with Crippen LogP contribution in [0.25, 0.3) is 0 Å². The van der Waals surface area contributed by atoms with E-state index in [0.717, 1.165) is 6.04 Å². The summed E-state index contributed by atoms with van der Waals surface area (Å²) in [7, 11) is 0. The Kier molecular flexibility index (Phi) is 48.0. The third-order valence-electron chi connectivity index (χ3n) is 11.1. The van der Waals surface area contributed by atoms with E-state index in [1.54, 1.807) is 0 Å². The highest BCUT2D eigenvalue weighted by atomic mass is 35.5. The molecule has 0 bridgehead atoms. The monoisotopic (exact) mass is 710 g/mol. The highest BCUT2D eigenvalue weighted by Crippen LogP contribution is 2.21. The number of hydrogen-bond donors (Lipinski definition) is 0. The Morgan fingerprint density at radius 2 is 0.571 bits per heavy atom. The quantitative estimate of drug-likeness (QED) is 0.0450. The predicted molar refractivity (Wildman–Crippen MR) is 230 cm³/mol. The van der Waals surface area contributed by atoms with Gasteiger partial charge in [0, 0.05) is 6.04 Å². The first-order chi connectivity index (χ1) is 23.8. The van der Waals surface area contributed by atoms with Crippen LogP contribution in [0.3, 0.4) is 0 Å². The average molecular weight is 711 g/mol. The molecule has 0 spiro atoms. The summed E-state index contributed by atoms with van der Waals surface area (Å²) in [6.07, 6.45) is 59.4. The van der Waals surface area contributed by atoms with E-state index in [-0.39, 0.29) is 12.4 Å². The van der Waals surface area contributed by atoms with Gasteiger partial charge in [0.15, 0.2) is 0 Å². The van der Waals surface area contributed by atoms with Crippen molar-refractivity contribution in [2.45, 2.75) is 278 Å². The molecule has 49 heavy (non-hydrogen) atoms. The molecule has 0 aliphatic heterocycles. The van der Waals surface area contributed by atoms with Crippen LogP contribution in [0.4, 0.5) is 0 Å². The van der Waals surface area contributed by atoms with E-state index < -0.39 is 0 Å². The zero-order valence-corrected chi connectivity index (χ0v) is 35.7. The summed E-state index contributed by atoms with van der Waals surface area (Å²) in [6, 6.07) is 0.848. The smallest absolute Gasteiger partial charge is 0.00952 e. The molecule has 0 N–H and O–H groups in total. The van der Waals surface area contributed by atoms with Crippen molar-refractivity contribution >= 4 is 12.4 Å². The summed E-state index contributed by atoms with van der Waals surface area (Å²) in [5.74, 6) is 0. The molecule has 0 aliphatic rings. The highest BCUT2D eigenvalue weighted by Gasteiger charge is 2.17. The molecule has 0 heterocycles. The van der Waals surface area contributed by atoms with Gasteiger partial charge in [-0.05, 0) is 64.5 Å². The lowest BCUT2D eigenvalue weighted by atomic mass is 9.98. The predicted octanol–water partition coefficient (Wildman–Crippen LogP) is 17.5. The van der Waals surface area contributed by atoms with Gasteiger partial charge in [-0.25, -0.2) is 0 Å². The molecule has 0 aliphatic carbocycles. The van der Waals surface area contributed by atoms with Gasteiger partial charge >= 0.3 is 0 Å². The van der Waals surface area contributed by atoms with Crippen molar-refractivity contribution in [3.8, 4) is 0 Å². The van der Waals surface area contributed by atoms with E-state index in [1.807, 2.05) is 0 Å². The maximum Gasteiger partial charge on any atom is 0.00952 e. The lowest BCUT2D eigenvalue weighted by molar-refractivity contribution is 0.164. The molecule has 0 radical (unpaired) electrons. The van der Waals surface area contributed by atoms with Crippen LogP contribution in [-0.4, -0.2) is 24.0 Å². The fourth-order valence-electron chi connectivity index (χ4n) is 7.66. The first-order valence-corrected chi connectivity index (χ1v) is 23.2. The van der Waals surface area contributed by atoms with Crippen LogP contribution in [0, 0.1) is 0 Å². The van der Waals surface area contributed by atoms with Crippen molar-refractivity contribution < 1.29 is 0 Å². The van der Waals surface area contributed by atoms with Gasteiger partial charge in [0.05, 0.1) is 0 Å². The number of nitrogens with zero attached hydrogens (tertiary/aromatic N) is 1. The van der Waals surface area contributed by atoms with Crippen LogP contribution < -0.4 is 0 Å². The molecule has 0 aromatic heterocycles. The molecule has 0 saturated heterocycles. The van der Waals surface area contributed by atoms with Gasteiger partial charge in [-0.2, -0.15) is 0 Å². The molecular weight excluding hydrogens is 614 g/mol. The lowest BCUT2D eigenvalue weighted by Gasteiger charge is -2.32. The zero-order valence-electron chi connectivity index (χ0n) is 34.9. The molecule has 2 heteroatoms. The Balaban J connectivity index is 0. The summed E-state index contributed by atoms with van der Waals surface area (Å²) in [6.45, 7) is 12.1. The Bertz CT molecular complexity index is 589. The van der Waals surface area contributed by atoms with Gasteiger partial charge in [0.25, 0.3) is 0 Å². The molecule has 0 aromatic carbocycles. The second-order valence-corrected chi connectivity index (χ2v) is 15.9. The van der Waals surface area contributed by atoms with Gasteiger partial charge in [0.2, 0.25) is 0 Å². The fraction of sp³-hybridized carbons (Fsp3) is 0.957. The largest absolute Gasteiger partial charge is 0.300 e. The van der Waals surface area contributed by atoms with Crippen molar-refractivity contribution in [3.63, 3.8) is 0 Å². The van der Waals surface area contributed by atoms with Gasteiger partial charge in [0.1, 0.15) is 0 Å². The van der Waals surface area contributed by atoms with Crippen LogP contribution in [0.15, 0.2) is 12.2 Å². The summed E-state index contributed by atoms with van der Waals surface area (Å²) in [4.78, 5) is 3.00. The van der Waals surface area contributed by atoms with E-state index >= 15 is 0 Å². The van der Waals surface area contributed by atoms with Crippen LogP contribution in [-0.2, 0) is 0 Å². The second kappa shape index (κ2) is 46.0. The first kappa shape index (κ1) is 51.1. The number of unbranched alkanes of at least 4 members (excludes halogenated alkanes) is 31. The molecule has 0 amide bonds. The van der Waals surface area contributed by atoms with E-state index in [4.69, 9.17) is 0 Å². The molecule has 296 valence electrons. The SMILES string of the molecule is CCCCCCCC/C=C\CCCCCCCCN(CCCCCCCCCCCCCC)C(CCCC)CCCCCCCCCC.Cl. The second-order valence-electron chi connectivity index (χ2n) is 15.9. The molecule has 0 fully saturated rings. The van der Waals surface area contributed by atoms with Crippen molar-refractivity contribution in [2.75, 3.05) is 13.1 Å². The first-order valence-electron chi connectivity index (χ1n) is 23.2. The van der Waals surface area contributed by atoms with E-state index in [0.29, 0.717) is 0 Å². The van der Waals surface area contributed by atoms with E-state index in [1.165, 1.54) is 257 Å². The normalized spacial score (nSPS) is 12.3. The van der Waals surface area contributed by atoms with Crippen molar-refractivity contribution in [3.05, 3.63) is 12.2 Å². The van der Waals surface area contributed by atoms with Crippen molar-refractivity contribution in [1.82, 2.24) is 4.90 Å². The van der Waals surface area contributed by atoms with Crippen LogP contribution in [0.5, 0.6) is 0 Å². The minimum absolute atomic E-state index is 0. The Labute approximate surface area is 319 Å². The molecule has 0 saturated carbocycles. The molecule has 0 rings (SSSR count).